The quantitative estimate of drug-likeness (QED) is 0.0175. The van der Waals surface area contributed by atoms with E-state index in [2.05, 4.69) is 123 Å². The van der Waals surface area contributed by atoms with Gasteiger partial charge in [-0.3, -0.25) is 4.79 Å². The molecule has 7 N–H and O–H groups in total. The lowest BCUT2D eigenvalue weighted by Gasteiger charge is -2.42. The van der Waals surface area contributed by atoms with Crippen molar-refractivity contribution in [3.8, 4) is 0 Å². The Labute approximate surface area is 425 Å². The highest BCUT2D eigenvalue weighted by Gasteiger charge is 2.47. The zero-order valence-electron chi connectivity index (χ0n) is 42.9. The van der Waals surface area contributed by atoms with Crippen LogP contribution in [0.5, 0.6) is 0 Å². The van der Waals surface area contributed by atoms with E-state index >= 15 is 0 Å². The number of hydrogen-bond acceptors (Lipinski definition) is 14. The van der Waals surface area contributed by atoms with Crippen LogP contribution in [0.1, 0.15) is 142 Å². The minimum Gasteiger partial charge on any atom is -0.457 e. The molecule has 0 saturated carbocycles. The number of rotatable bonds is 40. The Morgan fingerprint density at radius 2 is 0.873 bits per heavy atom. The molecule has 404 valence electrons. The molecule has 2 heterocycles. The van der Waals surface area contributed by atoms with Crippen LogP contribution in [0.4, 0.5) is 0 Å². The van der Waals surface area contributed by atoms with Crippen LogP contribution in [-0.2, 0) is 33.2 Å². The van der Waals surface area contributed by atoms with E-state index in [1.165, 1.54) is 0 Å². The summed E-state index contributed by atoms with van der Waals surface area (Å²) in [6.07, 6.45) is 41.5. The molecular formula is C57H92O14. The molecule has 2 aliphatic heterocycles. The summed E-state index contributed by atoms with van der Waals surface area (Å²) >= 11 is 0. The van der Waals surface area contributed by atoms with E-state index in [0.717, 1.165) is 116 Å². The Kier molecular flexibility index (Phi) is 38.7. The van der Waals surface area contributed by atoms with Gasteiger partial charge in [0.15, 0.2) is 12.6 Å². The van der Waals surface area contributed by atoms with E-state index in [0.29, 0.717) is 13.0 Å². The first-order chi connectivity index (χ1) is 34.6. The highest BCUT2D eigenvalue weighted by molar-refractivity contribution is 5.69. The van der Waals surface area contributed by atoms with Crippen LogP contribution in [0, 0.1) is 0 Å². The minimum absolute atomic E-state index is 0.0236. The maximum atomic E-state index is 13.0. The van der Waals surface area contributed by atoms with E-state index in [9.17, 15) is 40.5 Å². The molecule has 2 fully saturated rings. The lowest BCUT2D eigenvalue weighted by molar-refractivity contribution is -0.332. The normalized spacial score (nSPS) is 26.2. The van der Waals surface area contributed by atoms with Gasteiger partial charge in [-0.15, -0.1) is 0 Å². The molecule has 14 nitrogen and oxygen atoms in total. The number of carbonyl (C=O) groups excluding carboxylic acids is 1. The van der Waals surface area contributed by atoms with Gasteiger partial charge in [0.2, 0.25) is 0 Å². The first-order valence-electron chi connectivity index (χ1n) is 26.5. The molecule has 71 heavy (non-hydrogen) atoms. The average Bonchev–Trinajstić information content (AvgIpc) is 3.37. The van der Waals surface area contributed by atoms with Crippen molar-refractivity contribution in [3.05, 3.63) is 109 Å². The second-order valence-corrected chi connectivity index (χ2v) is 17.9. The first kappa shape index (κ1) is 63.8. The molecule has 11 unspecified atom stereocenters. The molecule has 0 radical (unpaired) electrons. The van der Waals surface area contributed by atoms with Gasteiger partial charge in [-0.1, -0.05) is 149 Å². The Morgan fingerprint density at radius 1 is 0.465 bits per heavy atom. The molecular weight excluding hydrogens is 909 g/mol. The number of unbranched alkanes of at least 4 members (excludes halogenated alkanes) is 8. The fourth-order valence-electron chi connectivity index (χ4n) is 7.54. The van der Waals surface area contributed by atoms with E-state index in [1.54, 1.807) is 0 Å². The van der Waals surface area contributed by atoms with Crippen LogP contribution in [0.25, 0.3) is 0 Å². The molecule has 0 aromatic heterocycles. The van der Waals surface area contributed by atoms with E-state index in [4.69, 9.17) is 28.4 Å². The number of ether oxygens (including phenoxy) is 6. The Hall–Kier alpha value is -3.35. The maximum Gasteiger partial charge on any atom is 0.306 e. The third-order valence-corrected chi connectivity index (χ3v) is 11.8. The van der Waals surface area contributed by atoms with Crippen molar-refractivity contribution in [2.75, 3.05) is 33.0 Å². The molecule has 14 heteroatoms. The molecule has 2 saturated heterocycles. The van der Waals surface area contributed by atoms with Crippen LogP contribution in [0.3, 0.4) is 0 Å². The van der Waals surface area contributed by atoms with Gasteiger partial charge in [0, 0.05) is 13.0 Å². The molecule has 0 spiro atoms. The van der Waals surface area contributed by atoms with Crippen LogP contribution >= 0.6 is 0 Å². The third kappa shape index (κ3) is 30.4. The fourth-order valence-corrected chi connectivity index (χ4v) is 7.54. The summed E-state index contributed by atoms with van der Waals surface area (Å²) in [4.78, 5) is 13.0. The Morgan fingerprint density at radius 3 is 1.37 bits per heavy atom. The van der Waals surface area contributed by atoms with Crippen molar-refractivity contribution in [2.45, 2.75) is 210 Å². The zero-order valence-corrected chi connectivity index (χ0v) is 42.9. The summed E-state index contributed by atoms with van der Waals surface area (Å²) in [5, 5.41) is 72.2. The van der Waals surface area contributed by atoms with Crippen LogP contribution in [-0.4, -0.2) is 142 Å². The Bertz CT molecular complexity index is 1580. The predicted octanol–water partition coefficient (Wildman–Crippen LogP) is 8.40. The first-order valence-corrected chi connectivity index (χ1v) is 26.5. The summed E-state index contributed by atoms with van der Waals surface area (Å²) in [6, 6.07) is 0. The van der Waals surface area contributed by atoms with Crippen molar-refractivity contribution in [1.82, 2.24) is 0 Å². The lowest BCUT2D eigenvalue weighted by atomic mass is 9.98. The van der Waals surface area contributed by atoms with Gasteiger partial charge in [0.05, 0.1) is 26.4 Å². The van der Waals surface area contributed by atoms with E-state index in [-0.39, 0.29) is 19.6 Å². The monoisotopic (exact) mass is 1000 g/mol. The maximum absolute atomic E-state index is 13.0. The molecule has 0 amide bonds. The van der Waals surface area contributed by atoms with Crippen molar-refractivity contribution in [1.29, 1.82) is 0 Å². The smallest absolute Gasteiger partial charge is 0.306 e. The predicted molar refractivity (Wildman–Crippen MR) is 279 cm³/mol. The number of esters is 1. The third-order valence-electron chi connectivity index (χ3n) is 11.8. The van der Waals surface area contributed by atoms with E-state index in [1.807, 2.05) is 0 Å². The van der Waals surface area contributed by atoms with Crippen LogP contribution in [0.2, 0.25) is 0 Å². The van der Waals surface area contributed by atoms with Gasteiger partial charge in [0.1, 0.15) is 54.9 Å². The summed E-state index contributed by atoms with van der Waals surface area (Å²) in [5.74, 6) is -0.411. The SMILES string of the molecule is CC/C=C\C/C=C\C/C=C\C/C=C\C/C=C\C/C=C\CCCCCOCC(COC1OC(COC2OC(CO)C(O)C(O)C2O)C(O)C(O)C1O)OC(=O)CCCCCCC/C=C\C/C=C\C/C=C\CC. The lowest BCUT2D eigenvalue weighted by Crippen LogP contribution is -2.61. The van der Waals surface area contributed by atoms with Crippen molar-refractivity contribution in [3.63, 3.8) is 0 Å². The molecule has 0 aromatic rings. The van der Waals surface area contributed by atoms with Crippen molar-refractivity contribution in [2.24, 2.45) is 0 Å². The van der Waals surface area contributed by atoms with E-state index < -0.39 is 86.7 Å². The van der Waals surface area contributed by atoms with Crippen LogP contribution < -0.4 is 0 Å². The summed E-state index contributed by atoms with van der Waals surface area (Å²) in [7, 11) is 0. The number of carbonyl (C=O) groups is 1. The number of hydrogen-bond donors (Lipinski definition) is 7. The van der Waals surface area contributed by atoms with Gasteiger partial charge >= 0.3 is 5.97 Å². The second kappa shape index (κ2) is 43.1. The molecule has 11 atom stereocenters. The topological polar surface area (TPSA) is 214 Å². The molecule has 0 aromatic carbocycles. The van der Waals surface area contributed by atoms with Crippen molar-refractivity contribution < 1.29 is 69.0 Å². The Balaban J connectivity index is 1.78. The molecule has 0 aliphatic carbocycles. The minimum atomic E-state index is -1.72. The summed E-state index contributed by atoms with van der Waals surface area (Å²) in [5.41, 5.74) is 0. The van der Waals surface area contributed by atoms with Crippen molar-refractivity contribution >= 4 is 5.97 Å². The molecule has 2 rings (SSSR count). The van der Waals surface area contributed by atoms with Gasteiger partial charge in [-0.2, -0.15) is 0 Å². The number of aliphatic hydroxyl groups is 7. The number of aliphatic hydroxyl groups excluding tert-OH is 7. The molecule has 2 aliphatic rings. The zero-order chi connectivity index (χ0) is 51.6. The standard InChI is InChI=1S/C57H92O14/c1-3-5-7-9-11-13-15-17-19-20-21-22-23-24-25-27-29-31-33-35-37-39-41-66-43-46(69-49(59)40-38-36-34-32-30-28-26-18-16-14-12-10-8-6-4-2)44-67-56-55(65)53(63)51(61)48(71-56)45-68-57-54(64)52(62)50(60)47(42-58)70-57/h5-8,11-14,17-19,21-22,24-26,29,31,46-48,50-58,60-65H,3-4,9-10,15-16,20,23,27-28,30,32-45H2,1-2H3/b7-5-,8-6-,13-11-,14-12-,19-17-,22-21-,25-24-,26-18-,31-29-. The average molecular weight is 1000 g/mol. The number of allylic oxidation sites excluding steroid dienone is 18. The van der Waals surface area contributed by atoms with Gasteiger partial charge < -0.3 is 64.2 Å². The van der Waals surface area contributed by atoms with Gasteiger partial charge in [0.25, 0.3) is 0 Å². The fraction of sp³-hybridized carbons (Fsp3) is 0.667. The highest BCUT2D eigenvalue weighted by atomic mass is 16.7. The second-order valence-electron chi connectivity index (χ2n) is 17.9. The van der Waals surface area contributed by atoms with Gasteiger partial charge in [-0.25, -0.2) is 0 Å². The summed E-state index contributed by atoms with van der Waals surface area (Å²) in [6.45, 7) is 3.32. The summed E-state index contributed by atoms with van der Waals surface area (Å²) < 4.78 is 34.2. The largest absolute Gasteiger partial charge is 0.457 e. The highest BCUT2D eigenvalue weighted by Crippen LogP contribution is 2.26. The molecule has 0 bridgehead atoms. The van der Waals surface area contributed by atoms with Gasteiger partial charge in [-0.05, 0) is 96.3 Å². The van der Waals surface area contributed by atoms with Crippen LogP contribution in [0.15, 0.2) is 109 Å².